The zero-order valence-corrected chi connectivity index (χ0v) is 13.7. The fourth-order valence-corrected chi connectivity index (χ4v) is 3.41. The molecule has 23 heavy (non-hydrogen) atoms. The molecule has 0 aliphatic carbocycles. The molecule has 3 heteroatoms. The lowest BCUT2D eigenvalue weighted by atomic mass is 9.90. The van der Waals surface area contributed by atoms with E-state index in [-0.39, 0.29) is 5.91 Å². The predicted octanol–water partition coefficient (Wildman–Crippen LogP) is 3.88. The highest BCUT2D eigenvalue weighted by Gasteiger charge is 2.24. The highest BCUT2D eigenvalue weighted by atomic mass is 16.2. The van der Waals surface area contributed by atoms with Gasteiger partial charge < -0.3 is 4.90 Å². The molecule has 1 saturated heterocycles. The molecule has 0 radical (unpaired) electrons. The van der Waals surface area contributed by atoms with Gasteiger partial charge in [-0.05, 0) is 61.8 Å². The van der Waals surface area contributed by atoms with Gasteiger partial charge in [-0.1, -0.05) is 24.3 Å². The summed E-state index contributed by atoms with van der Waals surface area (Å²) in [5.74, 6) is 0.752. The van der Waals surface area contributed by atoms with Crippen molar-refractivity contribution in [1.82, 2.24) is 9.88 Å². The van der Waals surface area contributed by atoms with Gasteiger partial charge in [-0.25, -0.2) is 0 Å². The van der Waals surface area contributed by atoms with Gasteiger partial charge in [-0.3, -0.25) is 9.78 Å². The molecular weight excluding hydrogens is 284 g/mol. The first kappa shape index (κ1) is 15.7. The fourth-order valence-electron chi connectivity index (χ4n) is 3.41. The number of pyridine rings is 1. The lowest BCUT2D eigenvalue weighted by Gasteiger charge is -2.33. The van der Waals surface area contributed by atoms with Crippen molar-refractivity contribution in [2.75, 3.05) is 13.1 Å². The Morgan fingerprint density at radius 2 is 2.00 bits per heavy atom. The van der Waals surface area contributed by atoms with E-state index in [1.54, 1.807) is 24.5 Å². The van der Waals surface area contributed by atoms with Crippen LogP contribution in [0.2, 0.25) is 0 Å². The predicted molar refractivity (Wildman–Crippen MR) is 92.4 cm³/mol. The molecule has 2 heterocycles. The minimum Gasteiger partial charge on any atom is -0.338 e. The second kappa shape index (κ2) is 7.40. The van der Waals surface area contributed by atoms with E-state index < -0.39 is 0 Å². The van der Waals surface area contributed by atoms with Crippen LogP contribution in [-0.2, 0) is 6.42 Å². The van der Waals surface area contributed by atoms with E-state index in [4.69, 9.17) is 0 Å². The zero-order chi connectivity index (χ0) is 16.1. The Kier molecular flexibility index (Phi) is 5.06. The van der Waals surface area contributed by atoms with Gasteiger partial charge in [-0.2, -0.15) is 0 Å². The summed E-state index contributed by atoms with van der Waals surface area (Å²) in [4.78, 5) is 18.6. The van der Waals surface area contributed by atoms with Gasteiger partial charge in [0.2, 0.25) is 0 Å². The van der Waals surface area contributed by atoms with Crippen molar-refractivity contribution in [3.63, 3.8) is 0 Å². The number of amides is 1. The van der Waals surface area contributed by atoms with Crippen LogP contribution in [0.15, 0.2) is 48.8 Å². The first-order valence-corrected chi connectivity index (χ1v) is 8.48. The molecule has 1 amide bonds. The van der Waals surface area contributed by atoms with Crippen molar-refractivity contribution in [3.8, 4) is 0 Å². The third kappa shape index (κ3) is 3.98. The van der Waals surface area contributed by atoms with Crippen LogP contribution in [0.1, 0.15) is 40.7 Å². The molecule has 1 aromatic carbocycles. The van der Waals surface area contributed by atoms with Gasteiger partial charge in [0.1, 0.15) is 0 Å². The summed E-state index contributed by atoms with van der Waals surface area (Å²) in [6, 6.07) is 12.2. The van der Waals surface area contributed by atoms with Crippen molar-refractivity contribution in [2.24, 2.45) is 5.92 Å². The van der Waals surface area contributed by atoms with E-state index in [1.807, 2.05) is 4.90 Å². The molecule has 0 unspecified atom stereocenters. The Morgan fingerprint density at radius 3 is 2.78 bits per heavy atom. The van der Waals surface area contributed by atoms with Crippen LogP contribution in [0.3, 0.4) is 0 Å². The summed E-state index contributed by atoms with van der Waals surface area (Å²) in [6.45, 7) is 3.94. The van der Waals surface area contributed by atoms with Crippen molar-refractivity contribution in [2.45, 2.75) is 32.6 Å². The van der Waals surface area contributed by atoms with Crippen molar-refractivity contribution in [3.05, 3.63) is 65.5 Å². The Morgan fingerprint density at radius 1 is 1.22 bits per heavy atom. The molecule has 3 nitrogen and oxygen atoms in total. The third-order valence-electron chi connectivity index (χ3n) is 4.82. The van der Waals surface area contributed by atoms with Crippen LogP contribution in [0.5, 0.6) is 0 Å². The lowest BCUT2D eigenvalue weighted by Crippen LogP contribution is -2.40. The molecule has 1 aliphatic rings. The van der Waals surface area contributed by atoms with Gasteiger partial charge in [0.15, 0.2) is 0 Å². The Hall–Kier alpha value is -2.16. The van der Waals surface area contributed by atoms with Crippen LogP contribution < -0.4 is 0 Å². The van der Waals surface area contributed by atoms with Gasteiger partial charge in [0.25, 0.3) is 5.91 Å². The average molecular weight is 308 g/mol. The average Bonchev–Trinajstić information content (AvgIpc) is 2.61. The Bertz CT molecular complexity index is 654. The molecule has 1 fully saturated rings. The first-order chi connectivity index (χ1) is 11.2. The second-order valence-electron chi connectivity index (χ2n) is 6.46. The number of aryl methyl sites for hydroxylation is 2. The summed E-state index contributed by atoms with van der Waals surface area (Å²) < 4.78 is 0. The number of aromatic nitrogens is 1. The van der Waals surface area contributed by atoms with Gasteiger partial charge >= 0.3 is 0 Å². The number of piperidine rings is 1. The smallest absolute Gasteiger partial charge is 0.253 e. The van der Waals surface area contributed by atoms with E-state index in [9.17, 15) is 4.79 Å². The first-order valence-electron chi connectivity index (χ1n) is 8.48. The molecule has 0 bridgehead atoms. The van der Waals surface area contributed by atoms with Crippen LogP contribution in [0, 0.1) is 12.8 Å². The number of carbonyl (C=O) groups is 1. The summed E-state index contributed by atoms with van der Waals surface area (Å²) in [7, 11) is 0. The minimum atomic E-state index is 0.146. The van der Waals surface area contributed by atoms with E-state index >= 15 is 0 Å². The molecule has 1 atom stereocenters. The van der Waals surface area contributed by atoms with E-state index in [2.05, 4.69) is 36.2 Å². The monoisotopic (exact) mass is 308 g/mol. The molecule has 0 spiro atoms. The quantitative estimate of drug-likeness (QED) is 0.859. The maximum absolute atomic E-state index is 12.6. The Labute approximate surface area is 138 Å². The molecule has 1 aliphatic heterocycles. The molecule has 0 N–H and O–H groups in total. The summed E-state index contributed by atoms with van der Waals surface area (Å²) in [6.07, 6.45) is 7.97. The summed E-state index contributed by atoms with van der Waals surface area (Å²) >= 11 is 0. The molecule has 0 saturated carbocycles. The normalized spacial score (nSPS) is 18.0. The number of hydrogen-bond acceptors (Lipinski definition) is 2. The molecule has 3 rings (SSSR count). The van der Waals surface area contributed by atoms with Crippen molar-refractivity contribution >= 4 is 5.91 Å². The second-order valence-corrected chi connectivity index (χ2v) is 6.46. The van der Waals surface area contributed by atoms with Crippen molar-refractivity contribution in [1.29, 1.82) is 0 Å². The van der Waals surface area contributed by atoms with Crippen molar-refractivity contribution < 1.29 is 4.79 Å². The van der Waals surface area contributed by atoms with Gasteiger partial charge in [-0.15, -0.1) is 0 Å². The maximum atomic E-state index is 12.6. The number of likely N-dealkylation sites (tertiary alicyclic amines) is 1. The Balaban J connectivity index is 1.58. The highest BCUT2D eigenvalue weighted by molar-refractivity contribution is 5.94. The van der Waals surface area contributed by atoms with E-state index in [0.717, 1.165) is 37.9 Å². The highest BCUT2D eigenvalue weighted by Crippen LogP contribution is 2.23. The van der Waals surface area contributed by atoms with E-state index in [1.165, 1.54) is 17.5 Å². The standard InChI is InChI=1S/C20H24N2O/c1-16-5-2-3-7-18(16)9-8-17-6-4-14-22(15-17)20(23)19-10-12-21-13-11-19/h2-3,5,7,10-13,17H,4,6,8-9,14-15H2,1H3/t17-/m0/s1. The molecule has 1 aromatic heterocycles. The largest absolute Gasteiger partial charge is 0.338 e. The number of benzene rings is 1. The zero-order valence-electron chi connectivity index (χ0n) is 13.7. The lowest BCUT2D eigenvalue weighted by molar-refractivity contribution is 0.0668. The molecular formula is C20H24N2O. The van der Waals surface area contributed by atoms with Gasteiger partial charge in [0, 0.05) is 31.0 Å². The maximum Gasteiger partial charge on any atom is 0.253 e. The number of hydrogen-bond donors (Lipinski definition) is 0. The van der Waals surface area contributed by atoms with E-state index in [0.29, 0.717) is 5.92 Å². The number of carbonyl (C=O) groups excluding carboxylic acids is 1. The summed E-state index contributed by atoms with van der Waals surface area (Å²) in [5, 5.41) is 0. The van der Waals surface area contributed by atoms with Crippen LogP contribution in [0.4, 0.5) is 0 Å². The molecule has 120 valence electrons. The minimum absolute atomic E-state index is 0.146. The summed E-state index contributed by atoms with van der Waals surface area (Å²) in [5.41, 5.74) is 3.55. The van der Waals surface area contributed by atoms with Crippen LogP contribution in [-0.4, -0.2) is 28.9 Å². The fraction of sp³-hybridized carbons (Fsp3) is 0.400. The van der Waals surface area contributed by atoms with Crippen LogP contribution in [0.25, 0.3) is 0 Å². The third-order valence-corrected chi connectivity index (χ3v) is 4.82. The molecule has 2 aromatic rings. The van der Waals surface area contributed by atoms with Crippen LogP contribution >= 0.6 is 0 Å². The number of nitrogens with zero attached hydrogens (tertiary/aromatic N) is 2. The van der Waals surface area contributed by atoms with Gasteiger partial charge in [0.05, 0.1) is 0 Å². The topological polar surface area (TPSA) is 33.2 Å². The SMILES string of the molecule is Cc1ccccc1CC[C@@H]1CCCN(C(=O)c2ccncc2)C1. The number of rotatable bonds is 4.